The molecule has 1 aromatic carbocycles. The van der Waals surface area contributed by atoms with Crippen molar-refractivity contribution in [3.05, 3.63) is 57.9 Å². The molecule has 0 saturated heterocycles. The van der Waals surface area contributed by atoms with Gasteiger partial charge in [0.1, 0.15) is 11.2 Å². The van der Waals surface area contributed by atoms with Crippen molar-refractivity contribution >= 4 is 16.8 Å². The highest BCUT2D eigenvalue weighted by Gasteiger charge is 2.35. The summed E-state index contributed by atoms with van der Waals surface area (Å²) < 4.78 is 16.0. The van der Waals surface area contributed by atoms with Gasteiger partial charge in [0.2, 0.25) is 0 Å². The van der Waals surface area contributed by atoms with E-state index in [-0.39, 0.29) is 41.1 Å². The highest BCUT2D eigenvalue weighted by Crippen LogP contribution is 2.36. The van der Waals surface area contributed by atoms with E-state index >= 15 is 0 Å². The van der Waals surface area contributed by atoms with Crippen LogP contribution in [0.15, 0.2) is 35.3 Å². The van der Waals surface area contributed by atoms with E-state index < -0.39 is 5.56 Å². The lowest BCUT2D eigenvalue weighted by Crippen LogP contribution is -2.41. The van der Waals surface area contributed by atoms with Gasteiger partial charge in [-0.3, -0.25) is 9.59 Å². The molecule has 4 rings (SSSR count). The van der Waals surface area contributed by atoms with Gasteiger partial charge in [-0.2, -0.15) is 5.10 Å². The van der Waals surface area contributed by atoms with E-state index in [2.05, 4.69) is 5.10 Å². The predicted octanol–water partition coefficient (Wildman–Crippen LogP) is 2.13. The average Bonchev–Trinajstić information content (AvgIpc) is 2.96. The van der Waals surface area contributed by atoms with E-state index in [1.165, 1.54) is 23.0 Å². The summed E-state index contributed by atoms with van der Waals surface area (Å²) in [6.07, 6.45) is 1.49. The number of amides is 1. The zero-order valence-electron chi connectivity index (χ0n) is 15.0. The van der Waals surface area contributed by atoms with Crippen LogP contribution in [0.25, 0.3) is 10.9 Å². The lowest BCUT2D eigenvalue weighted by atomic mass is 10.2. The van der Waals surface area contributed by atoms with Crippen molar-refractivity contribution in [2.75, 3.05) is 13.1 Å². The largest absolute Gasteiger partial charge is 0.505 e. The summed E-state index contributed by atoms with van der Waals surface area (Å²) in [5.41, 5.74) is 0.790. The van der Waals surface area contributed by atoms with Crippen LogP contribution in [0.1, 0.15) is 35.9 Å². The normalized spacial score (nSPS) is 16.8. The first-order chi connectivity index (χ1) is 12.9. The molecule has 27 heavy (non-hydrogen) atoms. The Bertz CT molecular complexity index is 1100. The molecule has 3 heterocycles. The molecule has 0 radical (unpaired) electrons. The minimum atomic E-state index is -0.487. The number of benzene rings is 1. The molecule has 140 valence electrons. The van der Waals surface area contributed by atoms with Crippen LogP contribution in [0, 0.1) is 5.82 Å². The Morgan fingerprint density at radius 2 is 1.96 bits per heavy atom. The Morgan fingerprint density at radius 3 is 2.63 bits per heavy atom. The summed E-state index contributed by atoms with van der Waals surface area (Å²) in [4.78, 5) is 27.3. The maximum atomic E-state index is 13.1. The lowest BCUT2D eigenvalue weighted by molar-refractivity contribution is 0.0686. The van der Waals surface area contributed by atoms with Gasteiger partial charge < -0.3 is 14.6 Å². The van der Waals surface area contributed by atoms with E-state index in [0.717, 1.165) is 0 Å². The molecule has 0 aliphatic carbocycles. The van der Waals surface area contributed by atoms with Gasteiger partial charge >= 0.3 is 0 Å². The van der Waals surface area contributed by atoms with Crippen LogP contribution >= 0.6 is 0 Å². The van der Waals surface area contributed by atoms with Gasteiger partial charge in [-0.1, -0.05) is 12.1 Å². The van der Waals surface area contributed by atoms with Gasteiger partial charge in [0.05, 0.1) is 18.3 Å². The first-order valence-corrected chi connectivity index (χ1v) is 8.79. The molecule has 2 aromatic heterocycles. The van der Waals surface area contributed by atoms with Crippen molar-refractivity contribution in [2.45, 2.75) is 26.4 Å². The predicted molar refractivity (Wildman–Crippen MR) is 97.4 cm³/mol. The van der Waals surface area contributed by atoms with Gasteiger partial charge in [-0.15, -0.1) is 0 Å². The molecule has 1 amide bonds. The second-order valence-corrected chi connectivity index (χ2v) is 6.75. The van der Waals surface area contributed by atoms with Crippen molar-refractivity contribution in [2.24, 2.45) is 0 Å². The third-order valence-electron chi connectivity index (χ3n) is 5.03. The number of carbonyl (C=O) groups is 1. The fraction of sp³-hybridized carbons (Fsp3) is 0.316. The Balaban J connectivity index is 1.87. The Labute approximate surface area is 154 Å². The smallest absolute Gasteiger partial charge is 0.280 e. The van der Waals surface area contributed by atoms with Crippen LogP contribution in [0.4, 0.5) is 4.39 Å². The molecule has 8 heteroatoms. The second kappa shape index (κ2) is 6.22. The quantitative estimate of drug-likeness (QED) is 0.766. The highest BCUT2D eigenvalue weighted by atomic mass is 19.1. The van der Waals surface area contributed by atoms with E-state index in [0.29, 0.717) is 24.2 Å². The monoisotopic (exact) mass is 370 g/mol. The number of hydrogen-bond donors (Lipinski definition) is 1. The molecule has 1 N–H and O–H groups in total. The van der Waals surface area contributed by atoms with Crippen molar-refractivity contribution in [3.8, 4) is 5.75 Å². The molecule has 0 bridgehead atoms. The molecule has 0 unspecified atom stereocenters. The molecule has 0 spiro atoms. The maximum absolute atomic E-state index is 13.1. The summed E-state index contributed by atoms with van der Waals surface area (Å²) >= 11 is 0. The van der Waals surface area contributed by atoms with Gasteiger partial charge in [0, 0.05) is 19.1 Å². The number of hydrogen-bond acceptors (Lipinski definition) is 4. The Morgan fingerprint density at radius 1 is 1.26 bits per heavy atom. The van der Waals surface area contributed by atoms with Crippen LogP contribution in [-0.4, -0.2) is 43.4 Å². The number of likely N-dealkylation sites (N-methyl/N-ethyl adjacent to an activating group) is 1. The first-order valence-electron chi connectivity index (χ1n) is 8.79. The first kappa shape index (κ1) is 17.3. The number of fused-ring (bicyclic) bond motifs is 3. The molecule has 1 aliphatic rings. The van der Waals surface area contributed by atoms with Crippen LogP contribution in [0.2, 0.25) is 0 Å². The highest BCUT2D eigenvalue weighted by molar-refractivity contribution is 6.04. The second-order valence-electron chi connectivity index (χ2n) is 6.75. The van der Waals surface area contributed by atoms with E-state index in [4.69, 9.17) is 0 Å². The van der Waals surface area contributed by atoms with Crippen LogP contribution < -0.4 is 5.56 Å². The van der Waals surface area contributed by atoms with E-state index in [1.54, 1.807) is 21.6 Å². The van der Waals surface area contributed by atoms with Gasteiger partial charge in [0.15, 0.2) is 11.4 Å². The molecule has 7 nitrogen and oxygen atoms in total. The summed E-state index contributed by atoms with van der Waals surface area (Å²) in [5.74, 6) is -0.964. The Hall–Kier alpha value is -3.16. The zero-order chi connectivity index (χ0) is 19.3. The number of aromatic hydroxyl groups is 1. The fourth-order valence-corrected chi connectivity index (χ4v) is 3.68. The molecular formula is C19H19FN4O3. The molecular weight excluding hydrogens is 351 g/mol. The minimum absolute atomic E-state index is 0.0836. The SMILES string of the molecule is CCN1C[C@H](C)n2c(c(O)c3c(=O)n(Cc4ccc(F)cc4)ncc32)C1=O. The topological polar surface area (TPSA) is 80.4 Å². The third-order valence-corrected chi connectivity index (χ3v) is 5.03. The van der Waals surface area contributed by atoms with Crippen molar-refractivity contribution in [3.63, 3.8) is 0 Å². The summed E-state index contributed by atoms with van der Waals surface area (Å²) in [5, 5.41) is 15.0. The molecule has 1 aliphatic heterocycles. The fourth-order valence-electron chi connectivity index (χ4n) is 3.68. The molecule has 3 aromatic rings. The lowest BCUT2D eigenvalue weighted by Gasteiger charge is -2.32. The van der Waals surface area contributed by atoms with Crippen LogP contribution in [0.3, 0.4) is 0 Å². The third kappa shape index (κ3) is 2.59. The zero-order valence-corrected chi connectivity index (χ0v) is 15.0. The van der Waals surface area contributed by atoms with Crippen molar-refractivity contribution < 1.29 is 14.3 Å². The molecule has 0 saturated carbocycles. The van der Waals surface area contributed by atoms with Crippen LogP contribution in [-0.2, 0) is 6.54 Å². The number of halogens is 1. The summed E-state index contributed by atoms with van der Waals surface area (Å²) in [7, 11) is 0. The van der Waals surface area contributed by atoms with Crippen LogP contribution in [0.5, 0.6) is 5.75 Å². The molecule has 0 fully saturated rings. The van der Waals surface area contributed by atoms with Gasteiger partial charge in [-0.05, 0) is 31.5 Å². The molecule has 1 atom stereocenters. The van der Waals surface area contributed by atoms with E-state index in [1.807, 2.05) is 13.8 Å². The van der Waals surface area contributed by atoms with E-state index in [9.17, 15) is 19.1 Å². The maximum Gasteiger partial charge on any atom is 0.280 e. The number of carbonyl (C=O) groups excluding carboxylic acids is 1. The minimum Gasteiger partial charge on any atom is -0.505 e. The summed E-state index contributed by atoms with van der Waals surface area (Å²) in [6.45, 7) is 4.97. The number of nitrogens with zero attached hydrogens (tertiary/aromatic N) is 4. The van der Waals surface area contributed by atoms with Crippen molar-refractivity contribution in [1.82, 2.24) is 19.2 Å². The van der Waals surface area contributed by atoms with Crippen molar-refractivity contribution in [1.29, 1.82) is 0 Å². The van der Waals surface area contributed by atoms with Gasteiger partial charge in [-0.25, -0.2) is 9.07 Å². The number of rotatable bonds is 3. The number of aromatic nitrogens is 3. The average molecular weight is 370 g/mol. The Kier molecular flexibility index (Phi) is 3.98. The standard InChI is InChI=1S/C19H19FN4O3/c1-3-22-9-11(2)24-14-8-21-23(10-12-4-6-13(20)7-5-12)18(26)15(14)17(25)16(24)19(22)27/h4-8,11,25H,3,9-10H2,1-2H3/t11-/m0/s1. The summed E-state index contributed by atoms with van der Waals surface area (Å²) in [6, 6.07) is 5.68. The van der Waals surface area contributed by atoms with Gasteiger partial charge in [0.25, 0.3) is 11.5 Å².